The summed E-state index contributed by atoms with van der Waals surface area (Å²) in [5.41, 5.74) is 0.250. The van der Waals surface area contributed by atoms with Crippen molar-refractivity contribution in [3.63, 3.8) is 0 Å². The van der Waals surface area contributed by atoms with Gasteiger partial charge in [0.1, 0.15) is 5.75 Å². The van der Waals surface area contributed by atoms with Crippen LogP contribution in [-0.4, -0.2) is 19.4 Å². The van der Waals surface area contributed by atoms with Gasteiger partial charge in [0, 0.05) is 10.5 Å². The first kappa shape index (κ1) is 11.9. The van der Waals surface area contributed by atoms with Crippen molar-refractivity contribution >= 4 is 27.5 Å². The van der Waals surface area contributed by atoms with Crippen molar-refractivity contribution in [2.75, 3.05) is 12.4 Å². The van der Waals surface area contributed by atoms with E-state index in [2.05, 4.69) is 21.2 Å². The van der Waals surface area contributed by atoms with Gasteiger partial charge in [-0.25, -0.2) is 0 Å². The van der Waals surface area contributed by atoms with E-state index in [9.17, 15) is 13.6 Å². The van der Waals surface area contributed by atoms with Gasteiger partial charge >= 0.3 is 6.43 Å². The molecule has 0 aliphatic carbocycles. The fourth-order valence-electron chi connectivity index (χ4n) is 0.914. The Morgan fingerprint density at radius 3 is 2.73 bits per heavy atom. The van der Waals surface area contributed by atoms with Crippen molar-refractivity contribution in [2.45, 2.75) is 6.43 Å². The zero-order chi connectivity index (χ0) is 11.4. The van der Waals surface area contributed by atoms with Crippen molar-refractivity contribution in [2.24, 2.45) is 0 Å². The Morgan fingerprint density at radius 2 is 2.20 bits per heavy atom. The average Bonchev–Trinajstić information content (AvgIpc) is 2.21. The van der Waals surface area contributed by atoms with Crippen LogP contribution in [0.2, 0.25) is 0 Å². The predicted octanol–water partition coefficient (Wildman–Crippen LogP) is 2.66. The minimum absolute atomic E-state index is 0.250. The van der Waals surface area contributed by atoms with Crippen LogP contribution in [0.5, 0.6) is 5.75 Å². The lowest BCUT2D eigenvalue weighted by molar-refractivity contribution is -0.126. The SMILES string of the molecule is COc1ccc(Br)c(NC(=O)C(F)F)c1. The number of rotatable bonds is 3. The van der Waals surface area contributed by atoms with Gasteiger partial charge in [-0.2, -0.15) is 8.78 Å². The van der Waals surface area contributed by atoms with Gasteiger partial charge in [-0.1, -0.05) is 0 Å². The number of alkyl halides is 2. The van der Waals surface area contributed by atoms with Crippen LogP contribution in [0.3, 0.4) is 0 Å². The van der Waals surface area contributed by atoms with Crippen LogP contribution in [0.4, 0.5) is 14.5 Å². The quantitative estimate of drug-likeness (QED) is 0.924. The molecule has 15 heavy (non-hydrogen) atoms. The summed E-state index contributed by atoms with van der Waals surface area (Å²) >= 11 is 3.12. The fraction of sp³-hybridized carbons (Fsp3) is 0.222. The van der Waals surface area contributed by atoms with Crippen LogP contribution < -0.4 is 10.1 Å². The summed E-state index contributed by atoms with van der Waals surface area (Å²) in [6, 6.07) is 4.69. The summed E-state index contributed by atoms with van der Waals surface area (Å²) in [6.07, 6.45) is -3.04. The number of ether oxygens (including phenoxy) is 1. The third-order valence-electron chi connectivity index (χ3n) is 1.63. The maximum atomic E-state index is 12.0. The van der Waals surface area contributed by atoms with Gasteiger partial charge < -0.3 is 10.1 Å². The van der Waals surface area contributed by atoms with Gasteiger partial charge in [0.15, 0.2) is 0 Å². The molecule has 0 saturated heterocycles. The Kier molecular flexibility index (Phi) is 4.02. The lowest BCUT2D eigenvalue weighted by Gasteiger charge is -2.08. The number of halogens is 3. The molecule has 3 nitrogen and oxygen atoms in total. The van der Waals surface area contributed by atoms with Gasteiger partial charge in [-0.05, 0) is 28.1 Å². The van der Waals surface area contributed by atoms with Crippen molar-refractivity contribution in [3.8, 4) is 5.75 Å². The van der Waals surface area contributed by atoms with Gasteiger partial charge in [-0.15, -0.1) is 0 Å². The molecule has 0 heterocycles. The minimum Gasteiger partial charge on any atom is -0.497 e. The Balaban J connectivity index is 2.88. The summed E-state index contributed by atoms with van der Waals surface area (Å²) in [5, 5.41) is 2.07. The molecule has 0 bridgehead atoms. The van der Waals surface area contributed by atoms with E-state index in [0.717, 1.165) is 0 Å². The second-order valence-electron chi connectivity index (χ2n) is 2.64. The maximum absolute atomic E-state index is 12.0. The zero-order valence-electron chi connectivity index (χ0n) is 7.76. The summed E-state index contributed by atoms with van der Waals surface area (Å²) in [7, 11) is 1.45. The van der Waals surface area contributed by atoms with Crippen LogP contribution in [0, 0.1) is 0 Å². The molecule has 6 heteroatoms. The van der Waals surface area contributed by atoms with Crippen molar-refractivity contribution < 1.29 is 18.3 Å². The molecule has 1 rings (SSSR count). The predicted molar refractivity (Wildman–Crippen MR) is 55.3 cm³/mol. The molecule has 1 N–H and O–H groups in total. The summed E-state index contributed by atoms with van der Waals surface area (Å²) < 4.78 is 29.3. The summed E-state index contributed by atoms with van der Waals surface area (Å²) in [6.45, 7) is 0. The number of carbonyl (C=O) groups is 1. The van der Waals surface area contributed by atoms with E-state index in [-0.39, 0.29) is 5.69 Å². The molecule has 0 radical (unpaired) electrons. The number of hydrogen-bond donors (Lipinski definition) is 1. The van der Waals surface area contributed by atoms with Gasteiger partial charge in [0.05, 0.1) is 12.8 Å². The van der Waals surface area contributed by atoms with Crippen molar-refractivity contribution in [1.82, 2.24) is 0 Å². The zero-order valence-corrected chi connectivity index (χ0v) is 9.35. The molecule has 0 unspecified atom stereocenters. The molecule has 0 spiro atoms. The smallest absolute Gasteiger partial charge is 0.315 e. The fourth-order valence-corrected chi connectivity index (χ4v) is 1.26. The number of amides is 1. The molecule has 1 amide bonds. The molecule has 0 aliphatic rings. The second-order valence-corrected chi connectivity index (χ2v) is 3.49. The topological polar surface area (TPSA) is 38.3 Å². The second kappa shape index (κ2) is 5.06. The van der Waals surface area contributed by atoms with Crippen LogP contribution in [0.1, 0.15) is 0 Å². The first-order valence-electron chi connectivity index (χ1n) is 3.97. The molecule has 0 aromatic heterocycles. The van der Waals surface area contributed by atoms with Crippen molar-refractivity contribution in [3.05, 3.63) is 22.7 Å². The monoisotopic (exact) mass is 279 g/mol. The highest BCUT2D eigenvalue weighted by Gasteiger charge is 2.16. The van der Waals surface area contributed by atoms with Crippen LogP contribution in [-0.2, 0) is 4.79 Å². The number of anilines is 1. The van der Waals surface area contributed by atoms with E-state index in [1.807, 2.05) is 0 Å². The number of methoxy groups -OCH3 is 1. The van der Waals surface area contributed by atoms with E-state index < -0.39 is 12.3 Å². The van der Waals surface area contributed by atoms with Gasteiger partial charge in [0.2, 0.25) is 0 Å². The Morgan fingerprint density at radius 1 is 1.53 bits per heavy atom. The average molecular weight is 280 g/mol. The third kappa shape index (κ3) is 3.16. The number of hydrogen-bond acceptors (Lipinski definition) is 2. The van der Waals surface area contributed by atoms with E-state index in [0.29, 0.717) is 10.2 Å². The van der Waals surface area contributed by atoms with Gasteiger partial charge in [-0.3, -0.25) is 4.79 Å². The molecule has 0 fully saturated rings. The molecule has 0 atom stereocenters. The first-order chi connectivity index (χ1) is 7.04. The minimum atomic E-state index is -3.04. The van der Waals surface area contributed by atoms with E-state index in [1.165, 1.54) is 13.2 Å². The normalized spacial score (nSPS) is 10.2. The summed E-state index contributed by atoms with van der Waals surface area (Å²) in [5.74, 6) is -0.869. The highest BCUT2D eigenvalue weighted by Crippen LogP contribution is 2.27. The van der Waals surface area contributed by atoms with Crippen LogP contribution in [0.15, 0.2) is 22.7 Å². The van der Waals surface area contributed by atoms with Crippen molar-refractivity contribution in [1.29, 1.82) is 0 Å². The molecular weight excluding hydrogens is 272 g/mol. The Bertz CT molecular complexity index is 371. The molecule has 0 aliphatic heterocycles. The highest BCUT2D eigenvalue weighted by molar-refractivity contribution is 9.10. The van der Waals surface area contributed by atoms with Crippen LogP contribution >= 0.6 is 15.9 Å². The molecule has 82 valence electrons. The maximum Gasteiger partial charge on any atom is 0.315 e. The lowest BCUT2D eigenvalue weighted by atomic mass is 10.3. The largest absolute Gasteiger partial charge is 0.497 e. The standard InChI is InChI=1S/C9H8BrF2NO2/c1-15-5-2-3-6(10)7(4-5)13-9(14)8(11)12/h2-4,8H,1H3,(H,13,14). The number of nitrogens with one attached hydrogen (secondary N) is 1. The van der Waals surface area contributed by atoms with E-state index >= 15 is 0 Å². The van der Waals surface area contributed by atoms with Crippen LogP contribution in [0.25, 0.3) is 0 Å². The molecule has 1 aromatic rings. The van der Waals surface area contributed by atoms with E-state index in [4.69, 9.17) is 4.74 Å². The highest BCUT2D eigenvalue weighted by atomic mass is 79.9. The van der Waals surface area contributed by atoms with Gasteiger partial charge in [0.25, 0.3) is 5.91 Å². The van der Waals surface area contributed by atoms with E-state index in [1.54, 1.807) is 12.1 Å². The lowest BCUT2D eigenvalue weighted by Crippen LogP contribution is -2.20. The molecule has 0 saturated carbocycles. The Labute approximate surface area is 93.5 Å². The Hall–Kier alpha value is -1.17. The summed E-state index contributed by atoms with van der Waals surface area (Å²) in [4.78, 5) is 10.7. The first-order valence-corrected chi connectivity index (χ1v) is 4.76. The molecule has 1 aromatic carbocycles. The number of carbonyl (C=O) groups excluding carboxylic acids is 1. The third-order valence-corrected chi connectivity index (χ3v) is 2.32. The number of benzene rings is 1. The molecular formula is C9H8BrF2NO2.